The zero-order valence-electron chi connectivity index (χ0n) is 18.6. The van der Waals surface area contributed by atoms with E-state index in [1.807, 2.05) is 12.1 Å². The fourth-order valence-electron chi connectivity index (χ4n) is 4.63. The minimum Gasteiger partial charge on any atom is -0.459 e. The van der Waals surface area contributed by atoms with Crippen molar-refractivity contribution in [3.05, 3.63) is 73.3 Å². The molecule has 0 spiro atoms. The van der Waals surface area contributed by atoms with Crippen LogP contribution in [0.4, 0.5) is 0 Å². The Hall–Kier alpha value is -2.17. The molecule has 0 aliphatic carbocycles. The molecule has 3 nitrogen and oxygen atoms in total. The van der Waals surface area contributed by atoms with E-state index in [-0.39, 0.29) is 29.1 Å². The summed E-state index contributed by atoms with van der Waals surface area (Å²) in [4.78, 5) is 12.4. The third-order valence-electron chi connectivity index (χ3n) is 6.13. The maximum Gasteiger partial charge on any atom is 0.309 e. The van der Waals surface area contributed by atoms with Crippen LogP contribution in [-0.2, 0) is 14.0 Å². The number of rotatable bonds is 8. The Kier molecular flexibility index (Phi) is 6.99. The summed E-state index contributed by atoms with van der Waals surface area (Å²) in [5.41, 5.74) is 0. The van der Waals surface area contributed by atoms with E-state index in [1.54, 1.807) is 6.08 Å². The first-order chi connectivity index (χ1) is 14.3. The fourth-order valence-corrected chi connectivity index (χ4v) is 9.42. The number of hydrogen-bond donors (Lipinski definition) is 0. The summed E-state index contributed by atoms with van der Waals surface area (Å²) in [7, 11) is -2.67. The summed E-state index contributed by atoms with van der Waals surface area (Å²) in [5.74, 6) is -0.228. The molecule has 1 fully saturated rings. The molecule has 0 amide bonds. The van der Waals surface area contributed by atoms with Crippen molar-refractivity contribution in [1.82, 2.24) is 0 Å². The second kappa shape index (κ2) is 9.32. The van der Waals surface area contributed by atoms with Crippen LogP contribution in [0.15, 0.2) is 73.3 Å². The molecule has 1 saturated heterocycles. The molecular weight excluding hydrogens is 388 g/mol. The Bertz CT molecular complexity index is 802. The molecule has 0 bridgehead atoms. The number of esters is 1. The van der Waals surface area contributed by atoms with Gasteiger partial charge in [-0.2, -0.15) is 0 Å². The van der Waals surface area contributed by atoms with Crippen LogP contribution in [0.1, 0.15) is 47.0 Å². The summed E-state index contributed by atoms with van der Waals surface area (Å²) in [6.45, 7) is 12.7. The van der Waals surface area contributed by atoms with E-state index in [9.17, 15) is 4.79 Å². The molecule has 1 unspecified atom stereocenters. The molecule has 30 heavy (non-hydrogen) atoms. The Morgan fingerprint density at radius 3 is 2.07 bits per heavy atom. The number of carbonyl (C=O) groups excluding carboxylic acids is 1. The standard InChI is InChI=1S/C26H34O3Si/c1-6-14-20-19-24(28-25(20)27)23(7-2)29-30(26(3,4)5,21-15-10-8-11-16-21)22-17-12-9-13-18-22/h6,8-13,15-18,20,23-24H,1,7,14,19H2,2-5H3/t20?,23-,24-/m1/s1. The largest absolute Gasteiger partial charge is 0.459 e. The number of cyclic esters (lactones) is 1. The maximum atomic E-state index is 12.4. The van der Waals surface area contributed by atoms with Crippen molar-refractivity contribution in [3.8, 4) is 0 Å². The van der Waals surface area contributed by atoms with Gasteiger partial charge in [0.2, 0.25) is 0 Å². The van der Waals surface area contributed by atoms with Crippen molar-refractivity contribution in [3.63, 3.8) is 0 Å². The first-order valence-corrected chi connectivity index (χ1v) is 12.8. The lowest BCUT2D eigenvalue weighted by atomic mass is 9.98. The van der Waals surface area contributed by atoms with Crippen molar-refractivity contribution in [2.75, 3.05) is 0 Å². The summed E-state index contributed by atoms with van der Waals surface area (Å²) >= 11 is 0. The lowest BCUT2D eigenvalue weighted by molar-refractivity contribution is -0.147. The molecule has 0 saturated carbocycles. The van der Waals surface area contributed by atoms with Crippen LogP contribution >= 0.6 is 0 Å². The van der Waals surface area contributed by atoms with Gasteiger partial charge in [0.05, 0.1) is 12.0 Å². The van der Waals surface area contributed by atoms with Crippen LogP contribution < -0.4 is 10.4 Å². The van der Waals surface area contributed by atoms with E-state index >= 15 is 0 Å². The zero-order valence-corrected chi connectivity index (χ0v) is 19.6. The molecule has 0 aromatic heterocycles. The van der Waals surface area contributed by atoms with Crippen LogP contribution in [0.5, 0.6) is 0 Å². The number of carbonyl (C=O) groups is 1. The van der Waals surface area contributed by atoms with Gasteiger partial charge in [0.1, 0.15) is 6.10 Å². The number of ether oxygens (including phenoxy) is 1. The van der Waals surface area contributed by atoms with E-state index in [0.29, 0.717) is 12.8 Å². The zero-order chi connectivity index (χ0) is 21.8. The Labute approximate surface area is 182 Å². The van der Waals surface area contributed by atoms with E-state index in [2.05, 4.69) is 82.8 Å². The predicted molar refractivity (Wildman–Crippen MR) is 126 cm³/mol. The van der Waals surface area contributed by atoms with Crippen LogP contribution in [0, 0.1) is 5.92 Å². The lowest BCUT2D eigenvalue weighted by Crippen LogP contribution is -2.68. The molecule has 2 aromatic rings. The second-order valence-corrected chi connectivity index (χ2v) is 13.4. The molecule has 1 aliphatic heterocycles. The topological polar surface area (TPSA) is 35.5 Å². The van der Waals surface area contributed by atoms with Gasteiger partial charge in [-0.15, -0.1) is 6.58 Å². The van der Waals surface area contributed by atoms with E-state index in [0.717, 1.165) is 6.42 Å². The van der Waals surface area contributed by atoms with E-state index < -0.39 is 8.32 Å². The van der Waals surface area contributed by atoms with Crippen LogP contribution in [-0.4, -0.2) is 26.5 Å². The smallest absolute Gasteiger partial charge is 0.309 e. The highest BCUT2D eigenvalue weighted by Gasteiger charge is 2.53. The average Bonchev–Trinajstić information content (AvgIpc) is 3.10. The number of hydrogen-bond acceptors (Lipinski definition) is 3. The van der Waals surface area contributed by atoms with Crippen LogP contribution in [0.3, 0.4) is 0 Å². The maximum absolute atomic E-state index is 12.4. The minimum atomic E-state index is -2.67. The van der Waals surface area contributed by atoms with Crippen molar-refractivity contribution in [1.29, 1.82) is 0 Å². The van der Waals surface area contributed by atoms with E-state index in [1.165, 1.54) is 10.4 Å². The Morgan fingerprint density at radius 2 is 1.63 bits per heavy atom. The normalized spacial score (nSPS) is 20.6. The summed E-state index contributed by atoms with van der Waals surface area (Å²) in [5, 5.41) is 2.38. The molecule has 160 valence electrons. The predicted octanol–water partition coefficient (Wildman–Crippen LogP) is 4.85. The monoisotopic (exact) mass is 422 g/mol. The van der Waals surface area contributed by atoms with Gasteiger partial charge in [0.15, 0.2) is 0 Å². The summed E-state index contributed by atoms with van der Waals surface area (Å²) < 4.78 is 13.0. The quantitative estimate of drug-likeness (QED) is 0.347. The lowest BCUT2D eigenvalue weighted by Gasteiger charge is -2.45. The molecule has 0 N–H and O–H groups in total. The van der Waals surface area contributed by atoms with Gasteiger partial charge >= 0.3 is 5.97 Å². The first kappa shape index (κ1) is 22.5. The second-order valence-electron chi connectivity index (χ2n) is 9.16. The van der Waals surface area contributed by atoms with Gasteiger partial charge in [-0.3, -0.25) is 4.79 Å². The summed E-state index contributed by atoms with van der Waals surface area (Å²) in [6.07, 6.45) is 3.60. The molecule has 1 aliphatic rings. The highest BCUT2D eigenvalue weighted by atomic mass is 28.4. The van der Waals surface area contributed by atoms with Crippen molar-refractivity contribution >= 4 is 24.7 Å². The third kappa shape index (κ3) is 4.30. The Morgan fingerprint density at radius 1 is 1.10 bits per heavy atom. The van der Waals surface area contributed by atoms with Gasteiger partial charge in [0, 0.05) is 6.42 Å². The molecule has 3 atom stereocenters. The molecular formula is C26H34O3Si. The van der Waals surface area contributed by atoms with Crippen molar-refractivity contribution in [2.24, 2.45) is 5.92 Å². The number of benzene rings is 2. The molecule has 0 radical (unpaired) electrons. The van der Waals surface area contributed by atoms with Gasteiger partial charge < -0.3 is 9.16 Å². The van der Waals surface area contributed by atoms with Gasteiger partial charge in [-0.05, 0) is 28.3 Å². The SMILES string of the molecule is C=CCC1C[C@H]([C@@H](CC)O[Si](c2ccccc2)(c2ccccc2)C(C)(C)C)OC1=O. The average molecular weight is 423 g/mol. The minimum absolute atomic E-state index is 0.105. The third-order valence-corrected chi connectivity index (χ3v) is 11.2. The Balaban J connectivity index is 2.06. The molecule has 3 rings (SSSR count). The highest BCUT2D eigenvalue weighted by molar-refractivity contribution is 6.99. The van der Waals surface area contributed by atoms with Crippen molar-refractivity contribution < 1.29 is 14.0 Å². The fraction of sp³-hybridized carbons (Fsp3) is 0.423. The van der Waals surface area contributed by atoms with Gasteiger partial charge in [0.25, 0.3) is 8.32 Å². The highest BCUT2D eigenvalue weighted by Crippen LogP contribution is 2.39. The van der Waals surface area contributed by atoms with Crippen molar-refractivity contribution in [2.45, 2.75) is 64.2 Å². The van der Waals surface area contributed by atoms with Gasteiger partial charge in [-0.1, -0.05) is 94.4 Å². The number of allylic oxidation sites excluding steroid dienone is 1. The first-order valence-electron chi connectivity index (χ1n) is 10.9. The molecule has 2 aromatic carbocycles. The van der Waals surface area contributed by atoms with E-state index in [4.69, 9.17) is 9.16 Å². The molecule has 4 heteroatoms. The summed E-state index contributed by atoms with van der Waals surface area (Å²) in [6, 6.07) is 21.2. The van der Waals surface area contributed by atoms with Crippen LogP contribution in [0.2, 0.25) is 5.04 Å². The molecule has 1 heterocycles. The van der Waals surface area contributed by atoms with Gasteiger partial charge in [-0.25, -0.2) is 0 Å². The van der Waals surface area contributed by atoms with Crippen LogP contribution in [0.25, 0.3) is 0 Å².